The molecule has 0 aliphatic heterocycles. The van der Waals surface area contributed by atoms with Crippen molar-refractivity contribution < 1.29 is 9.50 Å². The lowest BCUT2D eigenvalue weighted by molar-refractivity contribution is 0.468. The van der Waals surface area contributed by atoms with Crippen LogP contribution in [0.4, 0.5) is 10.1 Å². The molecule has 0 aliphatic rings. The number of aromatic hydroxyl groups is 1. The van der Waals surface area contributed by atoms with Gasteiger partial charge >= 0.3 is 0 Å². The van der Waals surface area contributed by atoms with Gasteiger partial charge in [-0.15, -0.1) is 0 Å². The fraction of sp³-hybridized carbons (Fsp3) is 0.143. The van der Waals surface area contributed by atoms with E-state index in [-0.39, 0.29) is 5.75 Å². The molecule has 2 aromatic rings. The molecule has 0 unspecified atom stereocenters. The molecular weight excluding hydrogens is 344 g/mol. The summed E-state index contributed by atoms with van der Waals surface area (Å²) in [7, 11) is 0. The number of hydrogen-bond acceptors (Lipinski definition) is 2. The summed E-state index contributed by atoms with van der Waals surface area (Å²) in [6.45, 7) is 2.50. The van der Waals surface area contributed by atoms with E-state index in [1.54, 1.807) is 6.07 Å². The predicted octanol–water partition coefficient (Wildman–Crippen LogP) is 4.06. The fourth-order valence-electron chi connectivity index (χ4n) is 1.76. The Morgan fingerprint density at radius 2 is 2.00 bits per heavy atom. The van der Waals surface area contributed by atoms with Crippen LogP contribution in [0.1, 0.15) is 11.1 Å². The van der Waals surface area contributed by atoms with Gasteiger partial charge in [-0.25, -0.2) is 4.39 Å². The minimum Gasteiger partial charge on any atom is -0.508 e. The van der Waals surface area contributed by atoms with Crippen molar-refractivity contribution in [2.75, 3.05) is 5.32 Å². The van der Waals surface area contributed by atoms with E-state index in [1.807, 2.05) is 19.1 Å². The van der Waals surface area contributed by atoms with E-state index in [4.69, 9.17) is 0 Å². The Balaban J connectivity index is 2.11. The molecule has 0 radical (unpaired) electrons. The number of phenols is 1. The summed E-state index contributed by atoms with van der Waals surface area (Å²) in [4.78, 5) is 0. The molecule has 0 aromatic heterocycles. The van der Waals surface area contributed by atoms with E-state index in [2.05, 4.69) is 34.0 Å². The number of halogens is 2. The van der Waals surface area contributed by atoms with Gasteiger partial charge in [-0.2, -0.15) is 0 Å². The van der Waals surface area contributed by atoms with Crippen LogP contribution in [0.3, 0.4) is 0 Å². The molecule has 0 saturated heterocycles. The first kappa shape index (κ1) is 13.1. The van der Waals surface area contributed by atoms with Crippen molar-refractivity contribution in [3.63, 3.8) is 0 Å². The molecule has 0 heterocycles. The summed E-state index contributed by atoms with van der Waals surface area (Å²) in [5, 5.41) is 12.5. The highest BCUT2D eigenvalue weighted by molar-refractivity contribution is 14.1. The van der Waals surface area contributed by atoms with Crippen LogP contribution in [-0.2, 0) is 6.54 Å². The van der Waals surface area contributed by atoms with Gasteiger partial charge in [0.1, 0.15) is 11.6 Å². The maximum absolute atomic E-state index is 13.1. The van der Waals surface area contributed by atoms with E-state index in [1.165, 1.54) is 9.64 Å². The second kappa shape index (κ2) is 5.56. The smallest absolute Gasteiger partial charge is 0.127 e. The third-order valence-electron chi connectivity index (χ3n) is 2.61. The summed E-state index contributed by atoms with van der Waals surface area (Å²) < 4.78 is 14.3. The third kappa shape index (κ3) is 3.35. The Morgan fingerprint density at radius 3 is 2.67 bits per heavy atom. The lowest BCUT2D eigenvalue weighted by atomic mass is 10.1. The molecule has 2 nitrogen and oxygen atoms in total. The molecule has 0 bridgehead atoms. The quantitative estimate of drug-likeness (QED) is 0.813. The lowest BCUT2D eigenvalue weighted by Gasteiger charge is -2.10. The Kier molecular flexibility index (Phi) is 4.06. The molecular formula is C14H13FINO. The van der Waals surface area contributed by atoms with Gasteiger partial charge < -0.3 is 10.4 Å². The van der Waals surface area contributed by atoms with Crippen molar-refractivity contribution in [2.24, 2.45) is 0 Å². The Morgan fingerprint density at radius 1 is 1.22 bits per heavy atom. The fourth-order valence-corrected chi connectivity index (χ4v) is 2.41. The van der Waals surface area contributed by atoms with E-state index < -0.39 is 5.82 Å². The highest BCUT2D eigenvalue weighted by atomic mass is 127. The van der Waals surface area contributed by atoms with Crippen molar-refractivity contribution >= 4 is 28.3 Å². The van der Waals surface area contributed by atoms with Crippen molar-refractivity contribution in [1.29, 1.82) is 0 Å². The minimum atomic E-state index is -0.425. The number of rotatable bonds is 3. The summed E-state index contributed by atoms with van der Waals surface area (Å²) in [5.41, 5.74) is 2.87. The van der Waals surface area contributed by atoms with Gasteiger partial charge in [0.25, 0.3) is 0 Å². The zero-order valence-corrected chi connectivity index (χ0v) is 12.0. The minimum absolute atomic E-state index is 0.0499. The molecule has 2 aromatic carbocycles. The summed E-state index contributed by atoms with van der Waals surface area (Å²) in [5.74, 6) is -0.475. The van der Waals surface area contributed by atoms with Gasteiger partial charge in [0.05, 0.1) is 0 Å². The second-order valence-corrected chi connectivity index (χ2v) is 5.38. The molecule has 4 heteroatoms. The second-order valence-electron chi connectivity index (χ2n) is 4.13. The average Bonchev–Trinajstić information content (AvgIpc) is 2.26. The molecule has 94 valence electrons. The average molecular weight is 357 g/mol. The van der Waals surface area contributed by atoms with Gasteiger partial charge in [0.2, 0.25) is 0 Å². The normalized spacial score (nSPS) is 10.4. The van der Waals surface area contributed by atoms with Crippen LogP contribution in [0.25, 0.3) is 0 Å². The number of hydrogen-bond donors (Lipinski definition) is 2. The first-order valence-electron chi connectivity index (χ1n) is 5.53. The zero-order valence-electron chi connectivity index (χ0n) is 9.87. The van der Waals surface area contributed by atoms with Crippen LogP contribution in [0, 0.1) is 16.3 Å². The van der Waals surface area contributed by atoms with Crippen LogP contribution >= 0.6 is 22.6 Å². The van der Waals surface area contributed by atoms with Crippen molar-refractivity contribution in [2.45, 2.75) is 13.5 Å². The topological polar surface area (TPSA) is 32.3 Å². The Bertz CT molecular complexity index is 551. The Hall–Kier alpha value is -1.30. The van der Waals surface area contributed by atoms with Gasteiger partial charge in [-0.3, -0.25) is 0 Å². The van der Waals surface area contributed by atoms with Crippen molar-refractivity contribution in [3.05, 3.63) is 56.9 Å². The van der Waals surface area contributed by atoms with Crippen molar-refractivity contribution in [3.8, 4) is 5.75 Å². The van der Waals surface area contributed by atoms with Crippen LogP contribution in [-0.4, -0.2) is 5.11 Å². The summed E-state index contributed by atoms with van der Waals surface area (Å²) in [6.07, 6.45) is 0. The van der Waals surface area contributed by atoms with Gasteiger partial charge in [-0.1, -0.05) is 0 Å². The Labute approximate surface area is 119 Å². The first-order chi connectivity index (χ1) is 8.54. The number of benzene rings is 2. The largest absolute Gasteiger partial charge is 0.508 e. The van der Waals surface area contributed by atoms with E-state index in [0.717, 1.165) is 17.3 Å². The van der Waals surface area contributed by atoms with Crippen LogP contribution in [0.15, 0.2) is 36.4 Å². The lowest BCUT2D eigenvalue weighted by Crippen LogP contribution is -2.01. The summed E-state index contributed by atoms with van der Waals surface area (Å²) in [6, 6.07) is 10.1. The van der Waals surface area contributed by atoms with Crippen molar-refractivity contribution in [1.82, 2.24) is 0 Å². The monoisotopic (exact) mass is 357 g/mol. The van der Waals surface area contributed by atoms with Gasteiger partial charge in [0.15, 0.2) is 0 Å². The van der Waals surface area contributed by atoms with E-state index in [9.17, 15) is 9.50 Å². The summed E-state index contributed by atoms with van der Waals surface area (Å²) >= 11 is 2.26. The van der Waals surface area contributed by atoms with E-state index in [0.29, 0.717) is 12.1 Å². The highest BCUT2D eigenvalue weighted by Gasteiger charge is 2.02. The molecule has 0 fully saturated rings. The highest BCUT2D eigenvalue weighted by Crippen LogP contribution is 2.20. The molecule has 0 saturated carbocycles. The maximum atomic E-state index is 13.1. The maximum Gasteiger partial charge on any atom is 0.127 e. The molecule has 18 heavy (non-hydrogen) atoms. The standard InChI is InChI=1S/C14H13FINO/c1-9-4-12(16)2-3-14(9)17-8-10-5-11(15)7-13(18)6-10/h2-7,17-18H,8H2,1H3. The van der Waals surface area contributed by atoms with Gasteiger partial charge in [-0.05, 0) is 71.0 Å². The molecule has 0 spiro atoms. The number of anilines is 1. The number of phenolic OH excluding ortho intramolecular Hbond substituents is 1. The third-order valence-corrected chi connectivity index (χ3v) is 3.28. The molecule has 0 aliphatic carbocycles. The van der Waals surface area contributed by atoms with E-state index >= 15 is 0 Å². The SMILES string of the molecule is Cc1cc(I)ccc1NCc1cc(O)cc(F)c1. The molecule has 2 rings (SSSR count). The van der Waals surface area contributed by atoms with Crippen LogP contribution in [0.2, 0.25) is 0 Å². The number of nitrogens with one attached hydrogen (secondary N) is 1. The molecule has 2 N–H and O–H groups in total. The zero-order chi connectivity index (χ0) is 13.1. The van der Waals surface area contributed by atoms with Crippen LogP contribution in [0.5, 0.6) is 5.75 Å². The molecule has 0 atom stereocenters. The van der Waals surface area contributed by atoms with Crippen LogP contribution < -0.4 is 5.32 Å². The predicted molar refractivity (Wildman–Crippen MR) is 79.3 cm³/mol. The number of aryl methyl sites for hydroxylation is 1. The van der Waals surface area contributed by atoms with Gasteiger partial charge in [0, 0.05) is 21.9 Å². The molecule has 0 amide bonds. The first-order valence-corrected chi connectivity index (χ1v) is 6.61.